The molecular formula is C27H22BrFIN3O2. The van der Waals surface area contributed by atoms with Gasteiger partial charge in [-0.25, -0.2) is 4.39 Å². The highest BCUT2D eigenvalue weighted by atomic mass is 127. The van der Waals surface area contributed by atoms with Crippen LogP contribution in [-0.4, -0.2) is 37.0 Å². The molecule has 0 atom stereocenters. The average Bonchev–Trinajstić information content (AvgIpc) is 2.88. The van der Waals surface area contributed by atoms with Crippen LogP contribution in [-0.2, 0) is 11.4 Å². The van der Waals surface area contributed by atoms with Crippen LogP contribution in [0.1, 0.15) is 11.1 Å². The number of carbonyl (C=O) groups excluding carboxylic acids is 1. The van der Waals surface area contributed by atoms with Gasteiger partial charge in [-0.15, -0.1) is 0 Å². The molecule has 0 bridgehead atoms. The van der Waals surface area contributed by atoms with Gasteiger partial charge in [0.25, 0.3) is 5.91 Å². The molecule has 3 aromatic rings. The van der Waals surface area contributed by atoms with Crippen molar-refractivity contribution in [3.8, 4) is 11.8 Å². The fourth-order valence-corrected chi connectivity index (χ4v) is 5.62. The van der Waals surface area contributed by atoms with Crippen molar-refractivity contribution in [2.75, 3.05) is 31.1 Å². The molecule has 178 valence electrons. The Kier molecular flexibility index (Phi) is 8.42. The van der Waals surface area contributed by atoms with Gasteiger partial charge in [0.15, 0.2) is 0 Å². The summed E-state index contributed by atoms with van der Waals surface area (Å²) in [5.74, 6) is -0.0148. The Morgan fingerprint density at radius 1 is 1.09 bits per heavy atom. The second-order valence-corrected chi connectivity index (χ2v) is 9.99. The van der Waals surface area contributed by atoms with Crippen LogP contribution < -0.4 is 9.64 Å². The van der Waals surface area contributed by atoms with Crippen LogP contribution in [0, 0.1) is 20.7 Å². The third kappa shape index (κ3) is 6.21. The number of ether oxygens (including phenoxy) is 1. The number of para-hydroxylation sites is 1. The summed E-state index contributed by atoms with van der Waals surface area (Å²) in [5.41, 5.74) is 2.38. The summed E-state index contributed by atoms with van der Waals surface area (Å²) in [6.45, 7) is 2.62. The average molecular weight is 646 g/mol. The lowest BCUT2D eigenvalue weighted by molar-refractivity contribution is -0.126. The fourth-order valence-electron chi connectivity index (χ4n) is 3.85. The van der Waals surface area contributed by atoms with Crippen LogP contribution in [0.25, 0.3) is 6.08 Å². The zero-order chi connectivity index (χ0) is 24.8. The molecule has 35 heavy (non-hydrogen) atoms. The van der Waals surface area contributed by atoms with Crippen molar-refractivity contribution >= 4 is 56.2 Å². The predicted octanol–water partition coefficient (Wildman–Crippen LogP) is 6.03. The van der Waals surface area contributed by atoms with Gasteiger partial charge in [-0.3, -0.25) is 4.79 Å². The summed E-state index contributed by atoms with van der Waals surface area (Å²) in [4.78, 5) is 17.0. The van der Waals surface area contributed by atoms with Crippen LogP contribution in [0.2, 0.25) is 0 Å². The first-order chi connectivity index (χ1) is 17.0. The summed E-state index contributed by atoms with van der Waals surface area (Å²) >= 11 is 5.64. The second kappa shape index (κ2) is 11.7. The third-order valence-corrected chi connectivity index (χ3v) is 7.09. The zero-order valence-electron chi connectivity index (χ0n) is 18.8. The number of rotatable bonds is 6. The molecule has 1 fully saturated rings. The third-order valence-electron chi connectivity index (χ3n) is 5.70. The minimum Gasteiger partial charge on any atom is -0.486 e. The molecular weight excluding hydrogens is 624 g/mol. The number of hydrogen-bond donors (Lipinski definition) is 0. The number of amides is 1. The maximum absolute atomic E-state index is 13.9. The van der Waals surface area contributed by atoms with E-state index in [0.717, 1.165) is 9.26 Å². The smallest absolute Gasteiger partial charge is 0.264 e. The lowest BCUT2D eigenvalue weighted by atomic mass is 10.1. The standard InChI is InChI=1S/C27H22BrFIN3O2/c28-23-15-19(16-25(30)26(23)35-18-20-6-4-5-9-24(20)29)14-21(17-31)27(34)33-12-10-32(11-13-33)22-7-2-1-3-8-22/h1-9,14-16H,10-13,18H2/b21-14-. The highest BCUT2D eigenvalue weighted by Gasteiger charge is 2.24. The topological polar surface area (TPSA) is 56.6 Å². The minimum absolute atomic E-state index is 0.0842. The molecule has 3 aromatic carbocycles. The number of halogens is 3. The molecule has 1 aliphatic rings. The first-order valence-electron chi connectivity index (χ1n) is 11.0. The van der Waals surface area contributed by atoms with Crippen LogP contribution in [0.5, 0.6) is 5.75 Å². The van der Waals surface area contributed by atoms with E-state index < -0.39 is 0 Å². The van der Waals surface area contributed by atoms with E-state index in [1.165, 1.54) is 6.07 Å². The molecule has 4 rings (SSSR count). The van der Waals surface area contributed by atoms with Crippen molar-refractivity contribution in [1.82, 2.24) is 4.90 Å². The molecule has 0 aliphatic carbocycles. The van der Waals surface area contributed by atoms with E-state index in [1.54, 1.807) is 35.2 Å². The summed E-state index contributed by atoms with van der Waals surface area (Å²) in [5, 5.41) is 9.70. The van der Waals surface area contributed by atoms with E-state index in [1.807, 2.05) is 24.3 Å². The summed E-state index contributed by atoms with van der Waals surface area (Å²) in [6, 6.07) is 22.3. The van der Waals surface area contributed by atoms with Gasteiger partial charge in [0.1, 0.15) is 29.8 Å². The molecule has 0 aromatic heterocycles. The number of nitrogens with zero attached hydrogens (tertiary/aromatic N) is 3. The van der Waals surface area contributed by atoms with Crippen LogP contribution in [0.3, 0.4) is 0 Å². The minimum atomic E-state index is -0.319. The zero-order valence-corrected chi connectivity index (χ0v) is 22.5. The van der Waals surface area contributed by atoms with E-state index in [9.17, 15) is 14.4 Å². The van der Waals surface area contributed by atoms with Crippen molar-refractivity contribution in [1.29, 1.82) is 5.26 Å². The van der Waals surface area contributed by atoms with Gasteiger partial charge in [-0.1, -0.05) is 36.4 Å². The maximum Gasteiger partial charge on any atom is 0.264 e. The first kappa shape index (κ1) is 25.2. The van der Waals surface area contributed by atoms with E-state index in [4.69, 9.17) is 4.74 Å². The number of anilines is 1. The van der Waals surface area contributed by atoms with Crippen molar-refractivity contribution in [3.63, 3.8) is 0 Å². The molecule has 0 spiro atoms. The van der Waals surface area contributed by atoms with Gasteiger partial charge in [0.2, 0.25) is 0 Å². The fraction of sp³-hybridized carbons (Fsp3) is 0.185. The number of nitriles is 1. The Hall–Kier alpha value is -2.90. The monoisotopic (exact) mass is 645 g/mol. The Labute approximate surface area is 226 Å². The molecule has 5 nitrogen and oxygen atoms in total. The largest absolute Gasteiger partial charge is 0.486 e. The predicted molar refractivity (Wildman–Crippen MR) is 146 cm³/mol. The van der Waals surface area contributed by atoms with Crippen LogP contribution >= 0.6 is 38.5 Å². The Balaban J connectivity index is 1.44. The quantitative estimate of drug-likeness (QED) is 0.187. The molecule has 1 saturated heterocycles. The molecule has 1 heterocycles. The lowest BCUT2D eigenvalue weighted by Gasteiger charge is -2.36. The van der Waals surface area contributed by atoms with Gasteiger partial charge >= 0.3 is 0 Å². The van der Waals surface area contributed by atoms with Crippen LogP contribution in [0.4, 0.5) is 10.1 Å². The van der Waals surface area contributed by atoms with E-state index >= 15 is 0 Å². The summed E-state index contributed by atoms with van der Waals surface area (Å²) < 4.78 is 21.2. The number of carbonyl (C=O) groups is 1. The van der Waals surface area contributed by atoms with Gasteiger partial charge < -0.3 is 14.5 Å². The molecule has 1 amide bonds. The SMILES string of the molecule is N#C/C(=C/c1cc(Br)c(OCc2ccccc2F)c(I)c1)C(=O)N1CCN(c2ccccc2)CC1. The molecule has 0 saturated carbocycles. The molecule has 0 unspecified atom stereocenters. The van der Waals surface area contributed by atoms with Crippen molar-refractivity contribution < 1.29 is 13.9 Å². The van der Waals surface area contributed by atoms with Gasteiger partial charge in [0, 0.05) is 37.4 Å². The number of piperazine rings is 1. The van der Waals surface area contributed by atoms with Crippen molar-refractivity contribution in [2.24, 2.45) is 0 Å². The van der Waals surface area contributed by atoms with Crippen molar-refractivity contribution in [2.45, 2.75) is 6.61 Å². The normalized spacial score (nSPS) is 13.9. The van der Waals surface area contributed by atoms with E-state index in [0.29, 0.717) is 47.5 Å². The first-order valence-corrected chi connectivity index (χ1v) is 12.9. The van der Waals surface area contributed by atoms with Gasteiger partial charge in [-0.2, -0.15) is 5.26 Å². The lowest BCUT2D eigenvalue weighted by Crippen LogP contribution is -2.49. The summed E-state index contributed by atoms with van der Waals surface area (Å²) in [7, 11) is 0. The molecule has 8 heteroatoms. The second-order valence-electron chi connectivity index (χ2n) is 7.98. The number of hydrogen-bond acceptors (Lipinski definition) is 4. The molecule has 0 radical (unpaired) electrons. The maximum atomic E-state index is 13.9. The number of benzene rings is 3. The Bertz CT molecular complexity index is 1260. The van der Waals surface area contributed by atoms with Crippen LogP contribution in [0.15, 0.2) is 76.8 Å². The summed E-state index contributed by atoms with van der Waals surface area (Å²) in [6.07, 6.45) is 1.60. The van der Waals surface area contributed by atoms with Crippen molar-refractivity contribution in [3.05, 3.63) is 97.3 Å². The highest BCUT2D eigenvalue weighted by molar-refractivity contribution is 14.1. The Morgan fingerprint density at radius 3 is 2.43 bits per heavy atom. The molecule has 1 aliphatic heterocycles. The van der Waals surface area contributed by atoms with E-state index in [-0.39, 0.29) is 23.9 Å². The van der Waals surface area contributed by atoms with E-state index in [2.05, 4.69) is 61.6 Å². The van der Waals surface area contributed by atoms with Gasteiger partial charge in [0.05, 0.1) is 8.04 Å². The Morgan fingerprint density at radius 2 is 1.77 bits per heavy atom. The highest BCUT2D eigenvalue weighted by Crippen LogP contribution is 2.33. The van der Waals surface area contributed by atoms with Gasteiger partial charge in [-0.05, 0) is 80.5 Å². The molecule has 0 N–H and O–H groups in total.